The summed E-state index contributed by atoms with van der Waals surface area (Å²) in [7, 11) is 1.56. The van der Waals surface area contributed by atoms with E-state index in [4.69, 9.17) is 4.74 Å². The molecule has 1 amide bonds. The number of rotatable bonds is 4. The van der Waals surface area contributed by atoms with Crippen molar-refractivity contribution in [3.63, 3.8) is 0 Å². The second kappa shape index (κ2) is 5.25. The molecule has 1 N–H and O–H groups in total. The smallest absolute Gasteiger partial charge is 0.313 e. The highest BCUT2D eigenvalue weighted by molar-refractivity contribution is 6.00. The van der Waals surface area contributed by atoms with Gasteiger partial charge in [0.15, 0.2) is 0 Å². The van der Waals surface area contributed by atoms with E-state index in [1.54, 1.807) is 50.1 Å². The first kappa shape index (κ1) is 14.5. The molecule has 1 aliphatic heterocycles. The summed E-state index contributed by atoms with van der Waals surface area (Å²) < 4.78 is 5.03. The van der Waals surface area contributed by atoms with Gasteiger partial charge >= 0.3 is 5.97 Å². The number of hydrogen-bond donors (Lipinski definition) is 1. The lowest BCUT2D eigenvalue weighted by atomic mass is 9.75. The molecule has 5 nitrogen and oxygen atoms in total. The zero-order chi connectivity index (χ0) is 14.9. The summed E-state index contributed by atoms with van der Waals surface area (Å²) in [6.45, 7) is 4.33. The molecule has 0 saturated heterocycles. The molecule has 0 aromatic heterocycles. The van der Waals surface area contributed by atoms with Crippen LogP contribution in [0, 0.1) is 0 Å². The van der Waals surface area contributed by atoms with Gasteiger partial charge in [-0.1, -0.05) is 18.2 Å². The Labute approximate surface area is 118 Å². The molecule has 20 heavy (non-hydrogen) atoms. The van der Waals surface area contributed by atoms with Crippen LogP contribution in [0.4, 0.5) is 0 Å². The van der Waals surface area contributed by atoms with E-state index in [0.717, 1.165) is 0 Å². The molecule has 2 rings (SSSR count). The quantitative estimate of drug-likeness (QED) is 0.910. The Morgan fingerprint density at radius 3 is 2.65 bits per heavy atom. The van der Waals surface area contributed by atoms with E-state index in [2.05, 4.69) is 0 Å². The number of hydrogen-bond acceptors (Lipinski definition) is 3. The van der Waals surface area contributed by atoms with Crippen LogP contribution in [0.2, 0.25) is 0 Å². The molecule has 0 bridgehead atoms. The van der Waals surface area contributed by atoms with Crippen molar-refractivity contribution < 1.29 is 19.4 Å². The van der Waals surface area contributed by atoms with E-state index in [9.17, 15) is 14.7 Å². The first-order chi connectivity index (χ1) is 9.41. The number of benzene rings is 1. The minimum absolute atomic E-state index is 0.139. The van der Waals surface area contributed by atoms with Crippen LogP contribution in [0.3, 0.4) is 0 Å². The summed E-state index contributed by atoms with van der Waals surface area (Å²) in [6, 6.07) is 6.93. The van der Waals surface area contributed by atoms with Crippen molar-refractivity contribution in [1.82, 2.24) is 4.90 Å². The number of carbonyl (C=O) groups excluding carboxylic acids is 1. The van der Waals surface area contributed by atoms with Gasteiger partial charge < -0.3 is 14.7 Å². The van der Waals surface area contributed by atoms with Crippen molar-refractivity contribution >= 4 is 11.9 Å². The number of methoxy groups -OCH3 is 1. The third kappa shape index (κ3) is 2.18. The summed E-state index contributed by atoms with van der Waals surface area (Å²) in [4.78, 5) is 25.9. The van der Waals surface area contributed by atoms with Gasteiger partial charge in [0.1, 0.15) is 5.92 Å². The van der Waals surface area contributed by atoms with E-state index in [0.29, 0.717) is 24.3 Å². The predicted octanol–water partition coefficient (Wildman–Crippen LogP) is 1.74. The Kier molecular flexibility index (Phi) is 3.81. The predicted molar refractivity (Wildman–Crippen MR) is 73.8 cm³/mol. The van der Waals surface area contributed by atoms with Crippen LogP contribution in [0.25, 0.3) is 0 Å². The number of carbonyl (C=O) groups is 2. The van der Waals surface area contributed by atoms with Gasteiger partial charge in [-0.05, 0) is 25.5 Å². The Morgan fingerprint density at radius 1 is 1.40 bits per heavy atom. The number of carboxylic acid groups (broad SMARTS) is 1. The molecule has 1 aliphatic rings. The third-order valence-corrected chi connectivity index (χ3v) is 3.92. The molecule has 0 radical (unpaired) electrons. The zero-order valence-corrected chi connectivity index (χ0v) is 11.9. The second-order valence-electron chi connectivity index (χ2n) is 5.46. The molecule has 0 fully saturated rings. The fraction of sp³-hybridized carbons (Fsp3) is 0.467. The standard InChI is InChI=1S/C15H19NO4/c1-15(2)12(14(18)19)10-6-4-5-7-11(10)13(17)16(15)8-9-20-3/h4-7,12H,8-9H2,1-3H3,(H,18,19). The highest BCUT2D eigenvalue weighted by Gasteiger charge is 2.48. The summed E-state index contributed by atoms with van der Waals surface area (Å²) in [5.74, 6) is -1.80. The molecule has 0 aliphatic carbocycles. The zero-order valence-electron chi connectivity index (χ0n) is 11.9. The average Bonchev–Trinajstić information content (AvgIpc) is 2.37. The van der Waals surface area contributed by atoms with E-state index in [-0.39, 0.29) is 5.91 Å². The van der Waals surface area contributed by atoms with Crippen LogP contribution in [-0.2, 0) is 9.53 Å². The van der Waals surface area contributed by atoms with Gasteiger partial charge in [-0.3, -0.25) is 9.59 Å². The number of aliphatic carboxylic acids is 1. The number of fused-ring (bicyclic) bond motifs is 1. The summed E-state index contributed by atoms with van der Waals surface area (Å²) in [5, 5.41) is 9.58. The molecule has 1 atom stereocenters. The lowest BCUT2D eigenvalue weighted by Crippen LogP contribution is -2.57. The van der Waals surface area contributed by atoms with Gasteiger partial charge in [0.05, 0.1) is 12.1 Å². The maximum atomic E-state index is 12.6. The van der Waals surface area contributed by atoms with Crippen molar-refractivity contribution in [2.75, 3.05) is 20.3 Å². The van der Waals surface area contributed by atoms with Crippen LogP contribution in [0.1, 0.15) is 35.7 Å². The van der Waals surface area contributed by atoms with Gasteiger partial charge in [-0.25, -0.2) is 0 Å². The Hall–Kier alpha value is -1.88. The van der Waals surface area contributed by atoms with Crippen LogP contribution >= 0.6 is 0 Å². The van der Waals surface area contributed by atoms with E-state index < -0.39 is 17.4 Å². The SMILES string of the molecule is COCCN1C(=O)c2ccccc2C(C(=O)O)C1(C)C. The summed E-state index contributed by atoms with van der Waals surface area (Å²) in [6.07, 6.45) is 0. The minimum Gasteiger partial charge on any atom is -0.481 e. The molecule has 0 spiro atoms. The van der Waals surface area contributed by atoms with Crippen LogP contribution in [0.5, 0.6) is 0 Å². The Bertz CT molecular complexity index is 538. The van der Waals surface area contributed by atoms with Gasteiger partial charge in [0.25, 0.3) is 5.91 Å². The molecular formula is C15H19NO4. The van der Waals surface area contributed by atoms with Gasteiger partial charge in [0.2, 0.25) is 0 Å². The van der Waals surface area contributed by atoms with Gasteiger partial charge in [-0.2, -0.15) is 0 Å². The molecule has 5 heteroatoms. The monoisotopic (exact) mass is 277 g/mol. The Morgan fingerprint density at radius 2 is 2.05 bits per heavy atom. The minimum atomic E-state index is -0.919. The molecular weight excluding hydrogens is 258 g/mol. The molecule has 1 heterocycles. The van der Waals surface area contributed by atoms with Crippen LogP contribution in [0.15, 0.2) is 24.3 Å². The van der Waals surface area contributed by atoms with Crippen LogP contribution in [-0.4, -0.2) is 47.7 Å². The van der Waals surface area contributed by atoms with E-state index >= 15 is 0 Å². The largest absolute Gasteiger partial charge is 0.481 e. The average molecular weight is 277 g/mol. The second-order valence-corrected chi connectivity index (χ2v) is 5.46. The third-order valence-electron chi connectivity index (χ3n) is 3.92. The van der Waals surface area contributed by atoms with Crippen molar-refractivity contribution in [2.45, 2.75) is 25.3 Å². The summed E-state index contributed by atoms with van der Waals surface area (Å²) in [5.41, 5.74) is 0.259. The molecule has 1 unspecified atom stereocenters. The lowest BCUT2D eigenvalue weighted by molar-refractivity contribution is -0.142. The van der Waals surface area contributed by atoms with Crippen molar-refractivity contribution in [3.05, 3.63) is 35.4 Å². The molecule has 108 valence electrons. The maximum absolute atomic E-state index is 12.6. The van der Waals surface area contributed by atoms with Crippen molar-refractivity contribution in [3.8, 4) is 0 Å². The number of carboxylic acids is 1. The summed E-state index contributed by atoms with van der Waals surface area (Å²) >= 11 is 0. The number of nitrogens with zero attached hydrogens (tertiary/aromatic N) is 1. The Balaban J connectivity index is 2.55. The van der Waals surface area contributed by atoms with Gasteiger partial charge in [0, 0.05) is 19.2 Å². The highest BCUT2D eigenvalue weighted by atomic mass is 16.5. The maximum Gasteiger partial charge on any atom is 0.313 e. The van der Waals surface area contributed by atoms with E-state index in [1.807, 2.05) is 0 Å². The number of ether oxygens (including phenoxy) is 1. The first-order valence-electron chi connectivity index (χ1n) is 6.54. The lowest BCUT2D eigenvalue weighted by Gasteiger charge is -2.46. The van der Waals surface area contributed by atoms with Crippen molar-refractivity contribution in [2.24, 2.45) is 0 Å². The first-order valence-corrected chi connectivity index (χ1v) is 6.54. The highest BCUT2D eigenvalue weighted by Crippen LogP contribution is 2.40. The molecule has 0 saturated carbocycles. The fourth-order valence-corrected chi connectivity index (χ4v) is 2.89. The van der Waals surface area contributed by atoms with E-state index in [1.165, 1.54) is 0 Å². The van der Waals surface area contributed by atoms with Gasteiger partial charge in [-0.15, -0.1) is 0 Å². The van der Waals surface area contributed by atoms with Crippen molar-refractivity contribution in [1.29, 1.82) is 0 Å². The topological polar surface area (TPSA) is 66.8 Å². The number of amides is 1. The fourth-order valence-electron chi connectivity index (χ4n) is 2.89. The normalized spacial score (nSPS) is 20.6. The van der Waals surface area contributed by atoms with Crippen LogP contribution < -0.4 is 0 Å². The molecule has 1 aromatic rings. The molecule has 1 aromatic carbocycles.